The molecule has 2 aromatic carbocycles. The van der Waals surface area contributed by atoms with Crippen LogP contribution in [-0.2, 0) is 0 Å². The van der Waals surface area contributed by atoms with Crippen molar-refractivity contribution < 1.29 is 14.3 Å². The van der Waals surface area contributed by atoms with Crippen molar-refractivity contribution in [2.24, 2.45) is 0 Å². The smallest absolute Gasteiger partial charge is 0.277 e. The minimum atomic E-state index is -0.248. The van der Waals surface area contributed by atoms with E-state index in [-0.39, 0.29) is 11.6 Å². The fourth-order valence-electron chi connectivity index (χ4n) is 3.02. The van der Waals surface area contributed by atoms with E-state index in [9.17, 15) is 4.79 Å². The summed E-state index contributed by atoms with van der Waals surface area (Å²) in [6, 6.07) is 18.6. The van der Waals surface area contributed by atoms with Gasteiger partial charge >= 0.3 is 0 Å². The molecule has 5 nitrogen and oxygen atoms in total. The van der Waals surface area contributed by atoms with Crippen molar-refractivity contribution in [3.05, 3.63) is 89.2 Å². The average Bonchev–Trinajstić information content (AvgIpc) is 2.77. The minimum Gasteiger partial charge on any atom is -0.486 e. The highest BCUT2D eigenvalue weighted by molar-refractivity contribution is 6.31. The van der Waals surface area contributed by atoms with Crippen molar-refractivity contribution in [3.8, 4) is 11.5 Å². The number of aromatic nitrogens is 1. The van der Waals surface area contributed by atoms with E-state index in [1.807, 2.05) is 60.7 Å². The van der Waals surface area contributed by atoms with Gasteiger partial charge < -0.3 is 14.4 Å². The number of fused-ring (bicyclic) bond motifs is 1. The zero-order valence-corrected chi connectivity index (χ0v) is 16.4. The predicted molar refractivity (Wildman–Crippen MR) is 114 cm³/mol. The lowest BCUT2D eigenvalue weighted by atomic mass is 10.2. The maximum Gasteiger partial charge on any atom is 0.277 e. The van der Waals surface area contributed by atoms with Crippen molar-refractivity contribution in [3.63, 3.8) is 0 Å². The summed E-state index contributed by atoms with van der Waals surface area (Å²) in [6.45, 7) is 1.36. The van der Waals surface area contributed by atoms with Gasteiger partial charge in [0, 0.05) is 29.5 Å². The number of nitrogens with zero attached hydrogens (tertiary/aromatic N) is 2. The number of carbonyl (C=O) groups is 1. The monoisotopic (exact) mass is 406 g/mol. The second kappa shape index (κ2) is 8.80. The van der Waals surface area contributed by atoms with E-state index in [0.29, 0.717) is 42.0 Å². The van der Waals surface area contributed by atoms with Crippen LogP contribution in [0.1, 0.15) is 16.1 Å². The third-order valence-electron chi connectivity index (χ3n) is 4.42. The topological polar surface area (TPSA) is 51.7 Å². The second-order valence-corrected chi connectivity index (χ2v) is 6.85. The minimum absolute atomic E-state index is 0.248. The molecule has 1 aliphatic heterocycles. The molecule has 2 heterocycles. The van der Waals surface area contributed by atoms with E-state index in [2.05, 4.69) is 4.98 Å². The summed E-state index contributed by atoms with van der Waals surface area (Å²) in [5, 5.41) is 0.463. The first-order valence-corrected chi connectivity index (χ1v) is 9.63. The number of hydrogen-bond acceptors (Lipinski definition) is 4. The third-order valence-corrected chi connectivity index (χ3v) is 4.66. The number of anilines is 1. The van der Waals surface area contributed by atoms with Gasteiger partial charge in [0.05, 0.1) is 0 Å². The van der Waals surface area contributed by atoms with E-state index in [4.69, 9.17) is 21.1 Å². The lowest BCUT2D eigenvalue weighted by Crippen LogP contribution is -2.32. The van der Waals surface area contributed by atoms with Gasteiger partial charge in [-0.2, -0.15) is 0 Å². The Balaban J connectivity index is 1.65. The van der Waals surface area contributed by atoms with Crippen molar-refractivity contribution in [1.29, 1.82) is 0 Å². The highest BCUT2D eigenvalue weighted by Crippen LogP contribution is 2.34. The van der Waals surface area contributed by atoms with Crippen LogP contribution in [0.4, 0.5) is 5.69 Å². The van der Waals surface area contributed by atoms with Crippen molar-refractivity contribution in [2.45, 2.75) is 0 Å². The number of pyridine rings is 1. The quantitative estimate of drug-likeness (QED) is 0.606. The second-order valence-electron chi connectivity index (χ2n) is 6.42. The van der Waals surface area contributed by atoms with Gasteiger partial charge in [0.2, 0.25) is 0 Å². The lowest BCUT2D eigenvalue weighted by Gasteiger charge is -2.24. The molecule has 6 heteroatoms. The molecule has 0 unspecified atom stereocenters. The van der Waals surface area contributed by atoms with Gasteiger partial charge in [0.25, 0.3) is 5.91 Å². The van der Waals surface area contributed by atoms with E-state index in [0.717, 1.165) is 5.56 Å². The van der Waals surface area contributed by atoms with Crippen LogP contribution in [0.3, 0.4) is 0 Å². The number of carbonyl (C=O) groups excluding carboxylic acids is 1. The largest absolute Gasteiger partial charge is 0.486 e. The zero-order chi connectivity index (χ0) is 20.1. The zero-order valence-electron chi connectivity index (χ0n) is 15.6. The molecule has 0 bridgehead atoms. The van der Waals surface area contributed by atoms with Crippen LogP contribution < -0.4 is 14.4 Å². The summed E-state index contributed by atoms with van der Waals surface area (Å²) in [6.07, 6.45) is 5.44. The Morgan fingerprint density at radius 1 is 1.03 bits per heavy atom. The molecule has 0 saturated heterocycles. The number of rotatable bonds is 5. The van der Waals surface area contributed by atoms with Gasteiger partial charge in [0.15, 0.2) is 11.5 Å². The van der Waals surface area contributed by atoms with E-state index in [1.54, 1.807) is 17.0 Å². The van der Waals surface area contributed by atoms with Crippen LogP contribution in [0.2, 0.25) is 5.02 Å². The lowest BCUT2D eigenvalue weighted by molar-refractivity contribution is 0.0985. The first kappa shape index (κ1) is 19.0. The summed E-state index contributed by atoms with van der Waals surface area (Å²) >= 11 is 6.06. The van der Waals surface area contributed by atoms with Crippen LogP contribution in [0, 0.1) is 0 Å². The molecular weight excluding hydrogens is 388 g/mol. The Bertz CT molecular complexity index is 1040. The van der Waals surface area contributed by atoms with Gasteiger partial charge in [-0.3, -0.25) is 9.78 Å². The molecule has 146 valence electrons. The van der Waals surface area contributed by atoms with Crippen LogP contribution in [0.15, 0.2) is 72.9 Å². The van der Waals surface area contributed by atoms with Gasteiger partial charge in [-0.15, -0.1) is 0 Å². The Labute approximate surface area is 174 Å². The Morgan fingerprint density at radius 3 is 2.62 bits per heavy atom. The fraction of sp³-hybridized carbons (Fsp3) is 0.130. The predicted octanol–water partition coefficient (Wildman–Crippen LogP) is 4.87. The maximum absolute atomic E-state index is 13.2. The third kappa shape index (κ3) is 4.58. The molecular formula is C23H19ClN2O3. The van der Waals surface area contributed by atoms with E-state index in [1.165, 1.54) is 6.20 Å². The maximum atomic E-state index is 13.2. The number of halogens is 1. The molecule has 4 rings (SSSR count). The normalized spacial score (nSPS) is 12.7. The molecule has 0 N–H and O–H groups in total. The molecule has 29 heavy (non-hydrogen) atoms. The molecule has 0 spiro atoms. The highest BCUT2D eigenvalue weighted by Gasteiger charge is 2.21. The molecule has 1 aromatic heterocycles. The van der Waals surface area contributed by atoms with Crippen LogP contribution in [0.5, 0.6) is 11.5 Å². The Hall–Kier alpha value is -3.31. The summed E-state index contributed by atoms with van der Waals surface area (Å²) < 4.78 is 11.3. The summed E-state index contributed by atoms with van der Waals surface area (Å²) in [5.74, 6) is 1.05. The van der Waals surface area contributed by atoms with E-state index >= 15 is 0 Å². The molecule has 0 fully saturated rings. The van der Waals surface area contributed by atoms with Crippen molar-refractivity contribution >= 4 is 29.3 Å². The molecule has 0 aliphatic carbocycles. The molecule has 0 saturated carbocycles. The molecule has 0 atom stereocenters. The fourth-order valence-corrected chi connectivity index (χ4v) is 3.18. The van der Waals surface area contributed by atoms with Crippen molar-refractivity contribution in [1.82, 2.24) is 4.98 Å². The van der Waals surface area contributed by atoms with Crippen LogP contribution >= 0.6 is 11.6 Å². The number of benzene rings is 2. The number of amides is 1. The molecule has 1 amide bonds. The van der Waals surface area contributed by atoms with E-state index < -0.39 is 0 Å². The van der Waals surface area contributed by atoms with Crippen LogP contribution in [-0.4, -0.2) is 30.6 Å². The Morgan fingerprint density at radius 2 is 1.83 bits per heavy atom. The number of hydrogen-bond donors (Lipinski definition) is 0. The SMILES string of the molecule is O=C(c1cc(Cl)ccn1)N(CC=Cc1ccccc1)c1ccc2c(c1)OCCO2. The highest BCUT2D eigenvalue weighted by atomic mass is 35.5. The van der Waals surface area contributed by atoms with Gasteiger partial charge in [-0.25, -0.2) is 0 Å². The Kier molecular flexibility index (Phi) is 5.77. The summed E-state index contributed by atoms with van der Waals surface area (Å²) in [5.41, 5.74) is 2.03. The first-order chi connectivity index (χ1) is 14.2. The standard InChI is InChI=1S/C23H19ClN2O3/c24-18-10-11-25-20(15-18)23(27)26(12-4-7-17-5-2-1-3-6-17)19-8-9-21-22(16-19)29-14-13-28-21/h1-11,15-16H,12-14H2. The summed E-state index contributed by atoms with van der Waals surface area (Å²) in [7, 11) is 0. The van der Waals surface area contributed by atoms with Crippen LogP contribution in [0.25, 0.3) is 6.08 Å². The molecule has 3 aromatic rings. The average molecular weight is 407 g/mol. The van der Waals surface area contributed by atoms with Gasteiger partial charge in [0.1, 0.15) is 18.9 Å². The molecule has 1 aliphatic rings. The number of ether oxygens (including phenoxy) is 2. The summed E-state index contributed by atoms with van der Waals surface area (Å²) in [4.78, 5) is 19.0. The van der Waals surface area contributed by atoms with Gasteiger partial charge in [-0.05, 0) is 29.8 Å². The van der Waals surface area contributed by atoms with Gasteiger partial charge in [-0.1, -0.05) is 54.1 Å². The van der Waals surface area contributed by atoms with Crippen molar-refractivity contribution in [2.75, 3.05) is 24.7 Å². The first-order valence-electron chi connectivity index (χ1n) is 9.25. The molecule has 0 radical (unpaired) electrons.